The molecule has 23 heavy (non-hydrogen) atoms. The first-order chi connectivity index (χ1) is 10.7. The number of carbonyl (C=O) groups excluding carboxylic acids is 2. The van der Waals surface area contributed by atoms with Crippen LogP contribution in [0.3, 0.4) is 0 Å². The molecule has 2 rings (SSSR count). The highest BCUT2D eigenvalue weighted by Crippen LogP contribution is 2.22. The summed E-state index contributed by atoms with van der Waals surface area (Å²) in [5, 5.41) is 17.6. The Kier molecular flexibility index (Phi) is 4.57. The van der Waals surface area contributed by atoms with E-state index in [1.807, 2.05) is 0 Å². The van der Waals surface area contributed by atoms with Gasteiger partial charge in [0.2, 0.25) is 0 Å². The maximum atomic E-state index is 12.1. The number of carboxylic acid groups (broad SMARTS) is 1. The van der Waals surface area contributed by atoms with E-state index >= 15 is 0 Å². The topological polar surface area (TPSA) is 125 Å². The maximum Gasteiger partial charge on any atom is 0.410 e. The summed E-state index contributed by atoms with van der Waals surface area (Å²) >= 11 is 0. The minimum Gasteiger partial charge on any atom is -0.480 e. The van der Waals surface area contributed by atoms with Gasteiger partial charge in [-0.1, -0.05) is 0 Å². The lowest BCUT2D eigenvalue weighted by atomic mass is 10.1. The first-order valence-electron chi connectivity index (χ1n) is 7.21. The second-order valence-corrected chi connectivity index (χ2v) is 6.26. The average Bonchev–Trinajstić information content (AvgIpc) is 2.85. The SMILES string of the molecule is CC(C)(C)OC(=O)N1CCc2[nH]nc(C(=O)NCC(=O)O)c2C1. The van der Waals surface area contributed by atoms with Crippen molar-refractivity contribution in [1.29, 1.82) is 0 Å². The van der Waals surface area contributed by atoms with E-state index in [-0.39, 0.29) is 12.2 Å². The molecule has 0 fully saturated rings. The fraction of sp³-hybridized carbons (Fsp3) is 0.571. The molecule has 126 valence electrons. The smallest absolute Gasteiger partial charge is 0.410 e. The van der Waals surface area contributed by atoms with E-state index in [9.17, 15) is 14.4 Å². The lowest BCUT2D eigenvalue weighted by molar-refractivity contribution is -0.135. The molecule has 9 heteroatoms. The number of ether oxygens (including phenoxy) is 1. The van der Waals surface area contributed by atoms with Crippen LogP contribution in [0, 0.1) is 0 Å². The zero-order valence-electron chi connectivity index (χ0n) is 13.3. The maximum absolute atomic E-state index is 12.1. The van der Waals surface area contributed by atoms with Crippen molar-refractivity contribution in [1.82, 2.24) is 20.4 Å². The molecule has 0 aromatic carbocycles. The van der Waals surface area contributed by atoms with Crippen LogP contribution in [0.25, 0.3) is 0 Å². The van der Waals surface area contributed by atoms with Crippen LogP contribution in [0.1, 0.15) is 42.5 Å². The van der Waals surface area contributed by atoms with Crippen molar-refractivity contribution in [2.45, 2.75) is 39.3 Å². The third-order valence-electron chi connectivity index (χ3n) is 3.20. The average molecular weight is 324 g/mol. The predicted octanol–water partition coefficient (Wildman–Crippen LogP) is 0.517. The van der Waals surface area contributed by atoms with Gasteiger partial charge in [-0.3, -0.25) is 14.7 Å². The van der Waals surface area contributed by atoms with E-state index < -0.39 is 30.1 Å². The monoisotopic (exact) mass is 324 g/mol. The molecule has 0 bridgehead atoms. The summed E-state index contributed by atoms with van der Waals surface area (Å²) in [6, 6.07) is 0. The van der Waals surface area contributed by atoms with Gasteiger partial charge in [-0.2, -0.15) is 5.10 Å². The van der Waals surface area contributed by atoms with Gasteiger partial charge in [0.1, 0.15) is 12.1 Å². The van der Waals surface area contributed by atoms with E-state index in [1.165, 1.54) is 4.90 Å². The standard InChI is InChI=1S/C14H20N4O5/c1-14(2,3)23-13(22)18-5-4-9-8(7-18)11(17-16-9)12(21)15-6-10(19)20/h4-7H2,1-3H3,(H,15,21)(H,16,17)(H,19,20). The van der Waals surface area contributed by atoms with E-state index in [4.69, 9.17) is 9.84 Å². The number of hydrogen-bond acceptors (Lipinski definition) is 5. The Labute approximate surface area is 133 Å². The molecule has 0 unspecified atom stereocenters. The van der Waals surface area contributed by atoms with Crippen molar-refractivity contribution in [3.63, 3.8) is 0 Å². The van der Waals surface area contributed by atoms with E-state index in [0.717, 1.165) is 5.69 Å². The van der Waals surface area contributed by atoms with Gasteiger partial charge in [0, 0.05) is 24.2 Å². The summed E-state index contributed by atoms with van der Waals surface area (Å²) in [5.74, 6) is -1.73. The van der Waals surface area contributed by atoms with Gasteiger partial charge in [-0.25, -0.2) is 4.79 Å². The molecule has 0 saturated heterocycles. The Bertz CT molecular complexity index is 632. The van der Waals surface area contributed by atoms with Gasteiger partial charge in [-0.15, -0.1) is 0 Å². The van der Waals surface area contributed by atoms with Gasteiger partial charge in [0.05, 0.1) is 6.54 Å². The van der Waals surface area contributed by atoms with Crippen LogP contribution in [0.2, 0.25) is 0 Å². The van der Waals surface area contributed by atoms with Crippen molar-refractivity contribution in [3.05, 3.63) is 17.0 Å². The fourth-order valence-electron chi connectivity index (χ4n) is 2.20. The summed E-state index contributed by atoms with van der Waals surface area (Å²) in [7, 11) is 0. The molecule has 0 aliphatic carbocycles. The molecule has 0 atom stereocenters. The number of carboxylic acids is 1. The minimum atomic E-state index is -1.14. The molecule has 3 N–H and O–H groups in total. The van der Waals surface area contributed by atoms with Gasteiger partial charge in [0.25, 0.3) is 5.91 Å². The first kappa shape index (κ1) is 16.8. The van der Waals surface area contributed by atoms with Crippen LogP contribution in [-0.4, -0.2) is 56.9 Å². The number of nitrogens with zero attached hydrogens (tertiary/aromatic N) is 2. The Morgan fingerprint density at radius 3 is 2.70 bits per heavy atom. The number of aromatic amines is 1. The summed E-state index contributed by atoms with van der Waals surface area (Å²) < 4.78 is 5.33. The van der Waals surface area contributed by atoms with Crippen LogP contribution < -0.4 is 5.32 Å². The summed E-state index contributed by atoms with van der Waals surface area (Å²) in [6.45, 7) is 5.50. The van der Waals surface area contributed by atoms with E-state index in [1.54, 1.807) is 20.8 Å². The van der Waals surface area contributed by atoms with Crippen LogP contribution >= 0.6 is 0 Å². The number of rotatable bonds is 3. The zero-order chi connectivity index (χ0) is 17.2. The molecule has 1 aliphatic heterocycles. The second-order valence-electron chi connectivity index (χ2n) is 6.26. The molecule has 0 radical (unpaired) electrons. The fourth-order valence-corrected chi connectivity index (χ4v) is 2.20. The molecule has 9 nitrogen and oxygen atoms in total. The largest absolute Gasteiger partial charge is 0.480 e. The lowest BCUT2D eigenvalue weighted by Crippen LogP contribution is -2.40. The van der Waals surface area contributed by atoms with Gasteiger partial charge >= 0.3 is 12.1 Å². The number of amides is 2. The Morgan fingerprint density at radius 2 is 2.09 bits per heavy atom. The number of fused-ring (bicyclic) bond motifs is 1. The highest BCUT2D eigenvalue weighted by Gasteiger charge is 2.30. The number of H-pyrrole nitrogens is 1. The Balaban J connectivity index is 2.10. The number of aromatic nitrogens is 2. The summed E-state index contributed by atoms with van der Waals surface area (Å²) in [6.07, 6.45) is 0.0644. The first-order valence-corrected chi connectivity index (χ1v) is 7.21. The van der Waals surface area contributed by atoms with Crippen molar-refractivity contribution in [2.75, 3.05) is 13.1 Å². The van der Waals surface area contributed by atoms with Gasteiger partial charge in [-0.05, 0) is 20.8 Å². The Morgan fingerprint density at radius 1 is 1.39 bits per heavy atom. The van der Waals surface area contributed by atoms with Gasteiger partial charge in [0.15, 0.2) is 5.69 Å². The third kappa shape index (κ3) is 4.21. The van der Waals surface area contributed by atoms with Crippen LogP contribution in [-0.2, 0) is 22.5 Å². The lowest BCUT2D eigenvalue weighted by Gasteiger charge is -2.30. The van der Waals surface area contributed by atoms with Crippen molar-refractivity contribution >= 4 is 18.0 Å². The number of aliphatic carboxylic acids is 1. The predicted molar refractivity (Wildman–Crippen MR) is 78.9 cm³/mol. The molecule has 2 amide bonds. The summed E-state index contributed by atoms with van der Waals surface area (Å²) in [5.41, 5.74) is 0.861. The number of nitrogens with one attached hydrogen (secondary N) is 2. The highest BCUT2D eigenvalue weighted by atomic mass is 16.6. The molecule has 2 heterocycles. The Hall–Kier alpha value is -2.58. The molecule has 0 saturated carbocycles. The van der Waals surface area contributed by atoms with Crippen molar-refractivity contribution in [3.8, 4) is 0 Å². The normalized spacial score (nSPS) is 14.1. The highest BCUT2D eigenvalue weighted by molar-refractivity contribution is 5.95. The zero-order valence-corrected chi connectivity index (χ0v) is 13.3. The van der Waals surface area contributed by atoms with Crippen LogP contribution in [0.15, 0.2) is 0 Å². The molecular weight excluding hydrogens is 304 g/mol. The molecule has 1 aromatic rings. The van der Waals surface area contributed by atoms with Gasteiger partial charge < -0.3 is 20.1 Å². The van der Waals surface area contributed by atoms with Crippen molar-refractivity contribution < 1.29 is 24.2 Å². The second kappa shape index (κ2) is 6.27. The van der Waals surface area contributed by atoms with Crippen LogP contribution in [0.4, 0.5) is 4.79 Å². The number of hydrogen-bond donors (Lipinski definition) is 3. The molecular formula is C14H20N4O5. The third-order valence-corrected chi connectivity index (χ3v) is 3.20. The van der Waals surface area contributed by atoms with E-state index in [0.29, 0.717) is 18.5 Å². The van der Waals surface area contributed by atoms with E-state index in [2.05, 4.69) is 15.5 Å². The molecule has 1 aromatic heterocycles. The van der Waals surface area contributed by atoms with Crippen molar-refractivity contribution in [2.24, 2.45) is 0 Å². The van der Waals surface area contributed by atoms with Crippen LogP contribution in [0.5, 0.6) is 0 Å². The number of carbonyl (C=O) groups is 3. The quantitative estimate of drug-likeness (QED) is 0.744. The molecule has 1 aliphatic rings. The minimum absolute atomic E-state index is 0.106. The summed E-state index contributed by atoms with van der Waals surface area (Å²) in [4.78, 5) is 36.2. The molecule has 0 spiro atoms.